The molecule has 21 heavy (non-hydrogen) atoms. The fraction of sp³-hybridized carbons (Fsp3) is 0.125. The quantitative estimate of drug-likeness (QED) is 0.907. The number of methoxy groups -OCH3 is 1. The van der Waals surface area contributed by atoms with Gasteiger partial charge in [-0.05, 0) is 24.3 Å². The molecule has 0 saturated carbocycles. The second kappa shape index (κ2) is 6.56. The van der Waals surface area contributed by atoms with Gasteiger partial charge >= 0.3 is 0 Å². The molecule has 0 unspecified atom stereocenters. The standard InChI is InChI=1S/C16H16N2O3/c1-11(19)17-13-8-4-3-7-12(13)16(20)18-14-9-5-6-10-15(14)21-2/h3-10H,1-2H3,(H,17,19)(H,18,20). The molecule has 2 aromatic carbocycles. The van der Waals surface area contributed by atoms with E-state index in [9.17, 15) is 9.59 Å². The lowest BCUT2D eigenvalue weighted by Gasteiger charge is -2.12. The number of hydrogen-bond acceptors (Lipinski definition) is 3. The van der Waals surface area contributed by atoms with Gasteiger partial charge in [0, 0.05) is 6.92 Å². The third kappa shape index (κ3) is 3.60. The molecule has 0 spiro atoms. The van der Waals surface area contributed by atoms with Gasteiger partial charge in [0.25, 0.3) is 5.91 Å². The Labute approximate surface area is 122 Å². The molecule has 0 fully saturated rings. The summed E-state index contributed by atoms with van der Waals surface area (Å²) in [7, 11) is 1.54. The maximum Gasteiger partial charge on any atom is 0.257 e. The largest absolute Gasteiger partial charge is 0.495 e. The summed E-state index contributed by atoms with van der Waals surface area (Å²) >= 11 is 0. The van der Waals surface area contributed by atoms with Crippen molar-refractivity contribution in [3.8, 4) is 5.75 Å². The summed E-state index contributed by atoms with van der Waals surface area (Å²) in [5.41, 5.74) is 1.43. The SMILES string of the molecule is COc1ccccc1NC(=O)c1ccccc1NC(C)=O. The van der Waals surface area contributed by atoms with E-state index in [4.69, 9.17) is 4.74 Å². The number of ether oxygens (including phenoxy) is 1. The molecule has 2 rings (SSSR count). The fourth-order valence-corrected chi connectivity index (χ4v) is 1.92. The van der Waals surface area contributed by atoms with Crippen LogP contribution in [0.25, 0.3) is 0 Å². The number of carbonyl (C=O) groups is 2. The Bertz CT molecular complexity index is 668. The Morgan fingerprint density at radius 3 is 2.19 bits per heavy atom. The van der Waals surface area contributed by atoms with Crippen LogP contribution < -0.4 is 15.4 Å². The zero-order chi connectivity index (χ0) is 15.2. The number of nitrogens with one attached hydrogen (secondary N) is 2. The lowest BCUT2D eigenvalue weighted by Crippen LogP contribution is -2.16. The van der Waals surface area contributed by atoms with Crippen molar-refractivity contribution in [1.82, 2.24) is 0 Å². The lowest BCUT2D eigenvalue weighted by atomic mass is 10.1. The Morgan fingerprint density at radius 2 is 1.52 bits per heavy atom. The highest BCUT2D eigenvalue weighted by atomic mass is 16.5. The van der Waals surface area contributed by atoms with Crippen molar-refractivity contribution < 1.29 is 14.3 Å². The highest BCUT2D eigenvalue weighted by molar-refractivity contribution is 6.10. The van der Waals surface area contributed by atoms with Crippen molar-refractivity contribution in [3.63, 3.8) is 0 Å². The van der Waals surface area contributed by atoms with Gasteiger partial charge in [0.15, 0.2) is 0 Å². The average Bonchev–Trinajstić information content (AvgIpc) is 2.47. The molecular formula is C16H16N2O3. The maximum atomic E-state index is 12.4. The lowest BCUT2D eigenvalue weighted by molar-refractivity contribution is -0.114. The molecule has 0 aliphatic carbocycles. The van der Waals surface area contributed by atoms with Crippen LogP contribution in [0.2, 0.25) is 0 Å². The minimum absolute atomic E-state index is 0.229. The third-order valence-corrected chi connectivity index (χ3v) is 2.84. The molecule has 5 heteroatoms. The molecule has 2 aromatic rings. The number of rotatable bonds is 4. The maximum absolute atomic E-state index is 12.4. The third-order valence-electron chi connectivity index (χ3n) is 2.84. The van der Waals surface area contributed by atoms with E-state index >= 15 is 0 Å². The van der Waals surface area contributed by atoms with E-state index in [0.29, 0.717) is 22.7 Å². The number of hydrogen-bond donors (Lipinski definition) is 2. The molecule has 0 radical (unpaired) electrons. The van der Waals surface area contributed by atoms with E-state index in [-0.39, 0.29) is 11.8 Å². The predicted octanol–water partition coefficient (Wildman–Crippen LogP) is 2.91. The van der Waals surface area contributed by atoms with Crippen LogP contribution in [0.15, 0.2) is 48.5 Å². The topological polar surface area (TPSA) is 67.4 Å². The van der Waals surface area contributed by atoms with Crippen molar-refractivity contribution in [1.29, 1.82) is 0 Å². The van der Waals surface area contributed by atoms with E-state index in [1.165, 1.54) is 14.0 Å². The van der Waals surface area contributed by atoms with Crippen LogP contribution in [-0.4, -0.2) is 18.9 Å². The molecule has 2 N–H and O–H groups in total. The molecule has 0 heterocycles. The van der Waals surface area contributed by atoms with E-state index in [1.807, 2.05) is 6.07 Å². The van der Waals surface area contributed by atoms with Crippen molar-refractivity contribution in [2.24, 2.45) is 0 Å². The molecule has 108 valence electrons. The van der Waals surface area contributed by atoms with Crippen LogP contribution in [0.1, 0.15) is 17.3 Å². The zero-order valence-corrected chi connectivity index (χ0v) is 11.8. The summed E-state index contributed by atoms with van der Waals surface area (Å²) in [5, 5.41) is 5.41. The summed E-state index contributed by atoms with van der Waals surface area (Å²) in [5.74, 6) is 0.0271. The summed E-state index contributed by atoms with van der Waals surface area (Å²) in [6.07, 6.45) is 0. The molecule has 0 aliphatic heterocycles. The van der Waals surface area contributed by atoms with Gasteiger partial charge in [0.05, 0.1) is 24.0 Å². The first kappa shape index (κ1) is 14.6. The van der Waals surface area contributed by atoms with Crippen molar-refractivity contribution >= 4 is 23.2 Å². The average molecular weight is 284 g/mol. The van der Waals surface area contributed by atoms with Crippen LogP contribution in [-0.2, 0) is 4.79 Å². The molecule has 0 aromatic heterocycles. The van der Waals surface area contributed by atoms with Gasteiger partial charge < -0.3 is 15.4 Å². The second-order valence-corrected chi connectivity index (χ2v) is 4.38. The predicted molar refractivity (Wildman–Crippen MR) is 81.7 cm³/mol. The molecule has 0 aliphatic rings. The first-order valence-corrected chi connectivity index (χ1v) is 6.43. The zero-order valence-electron chi connectivity index (χ0n) is 11.8. The molecular weight excluding hydrogens is 268 g/mol. The monoisotopic (exact) mass is 284 g/mol. The molecule has 5 nitrogen and oxygen atoms in total. The Kier molecular flexibility index (Phi) is 4.56. The Balaban J connectivity index is 2.26. The van der Waals surface area contributed by atoms with Crippen LogP contribution >= 0.6 is 0 Å². The van der Waals surface area contributed by atoms with E-state index in [2.05, 4.69) is 10.6 Å². The summed E-state index contributed by atoms with van der Waals surface area (Å²) < 4.78 is 5.19. The smallest absolute Gasteiger partial charge is 0.257 e. The number of anilines is 2. The summed E-state index contributed by atoms with van der Waals surface area (Å²) in [4.78, 5) is 23.6. The first-order chi connectivity index (χ1) is 10.1. The van der Waals surface area contributed by atoms with Crippen LogP contribution in [0.3, 0.4) is 0 Å². The van der Waals surface area contributed by atoms with Gasteiger partial charge in [-0.15, -0.1) is 0 Å². The minimum Gasteiger partial charge on any atom is -0.495 e. The van der Waals surface area contributed by atoms with Gasteiger partial charge in [-0.1, -0.05) is 24.3 Å². The Hall–Kier alpha value is -2.82. The highest BCUT2D eigenvalue weighted by Crippen LogP contribution is 2.25. The molecule has 2 amide bonds. The fourth-order valence-electron chi connectivity index (χ4n) is 1.92. The van der Waals surface area contributed by atoms with Crippen molar-refractivity contribution in [2.45, 2.75) is 6.92 Å². The van der Waals surface area contributed by atoms with Gasteiger partial charge in [-0.25, -0.2) is 0 Å². The normalized spacial score (nSPS) is 9.81. The van der Waals surface area contributed by atoms with Gasteiger partial charge in [-0.2, -0.15) is 0 Å². The van der Waals surface area contributed by atoms with E-state index < -0.39 is 0 Å². The van der Waals surface area contributed by atoms with Crippen molar-refractivity contribution in [2.75, 3.05) is 17.7 Å². The number of carbonyl (C=O) groups excluding carboxylic acids is 2. The van der Waals surface area contributed by atoms with Gasteiger partial charge in [0.1, 0.15) is 5.75 Å². The Morgan fingerprint density at radius 1 is 0.905 bits per heavy atom. The van der Waals surface area contributed by atoms with Crippen LogP contribution in [0.4, 0.5) is 11.4 Å². The molecule has 0 atom stereocenters. The summed E-state index contributed by atoms with van der Waals surface area (Å²) in [6, 6.07) is 14.0. The van der Waals surface area contributed by atoms with Gasteiger partial charge in [0.2, 0.25) is 5.91 Å². The van der Waals surface area contributed by atoms with E-state index in [1.54, 1.807) is 42.5 Å². The second-order valence-electron chi connectivity index (χ2n) is 4.38. The number of benzene rings is 2. The minimum atomic E-state index is -0.316. The highest BCUT2D eigenvalue weighted by Gasteiger charge is 2.13. The van der Waals surface area contributed by atoms with E-state index in [0.717, 1.165) is 0 Å². The van der Waals surface area contributed by atoms with Crippen LogP contribution in [0, 0.1) is 0 Å². The first-order valence-electron chi connectivity index (χ1n) is 6.43. The summed E-state index contributed by atoms with van der Waals surface area (Å²) in [6.45, 7) is 1.40. The van der Waals surface area contributed by atoms with Crippen LogP contribution in [0.5, 0.6) is 5.75 Å². The van der Waals surface area contributed by atoms with Crippen molar-refractivity contribution in [3.05, 3.63) is 54.1 Å². The number of amides is 2. The number of para-hydroxylation sites is 3. The van der Waals surface area contributed by atoms with Gasteiger partial charge in [-0.3, -0.25) is 9.59 Å². The molecule has 0 bridgehead atoms. The molecule has 0 saturated heterocycles.